The molecule has 26 heavy (non-hydrogen) atoms. The molecule has 2 N–H and O–H groups in total. The molecule has 0 fully saturated rings. The van der Waals surface area contributed by atoms with Gasteiger partial charge in [0.1, 0.15) is 5.75 Å². The van der Waals surface area contributed by atoms with Gasteiger partial charge in [0.05, 0.1) is 13.5 Å². The minimum atomic E-state index is -0.0468. The predicted molar refractivity (Wildman–Crippen MR) is 106 cm³/mol. The number of anilines is 3. The Labute approximate surface area is 153 Å². The van der Waals surface area contributed by atoms with Gasteiger partial charge in [-0.25, -0.2) is 0 Å². The van der Waals surface area contributed by atoms with Crippen LogP contribution in [0.5, 0.6) is 5.75 Å². The summed E-state index contributed by atoms with van der Waals surface area (Å²) in [6.07, 6.45) is 0.327. The van der Waals surface area contributed by atoms with Crippen molar-refractivity contribution in [3.8, 4) is 5.75 Å². The fraction of sp³-hybridized carbons (Fsp3) is 0.136. The summed E-state index contributed by atoms with van der Waals surface area (Å²) in [5.41, 5.74) is 4.96. The molecular formula is C22H22N2O2. The lowest BCUT2D eigenvalue weighted by molar-refractivity contribution is -0.115. The lowest BCUT2D eigenvalue weighted by Gasteiger charge is -2.09. The molecule has 4 nitrogen and oxygen atoms in total. The van der Waals surface area contributed by atoms with Gasteiger partial charge in [-0.1, -0.05) is 29.8 Å². The summed E-state index contributed by atoms with van der Waals surface area (Å²) >= 11 is 0. The maximum atomic E-state index is 12.2. The standard InChI is InChI=1S/C22H22N2O2/c1-16-3-7-18(8-4-16)23-19-9-11-20(12-10-19)24-22(25)15-17-5-13-21(26-2)14-6-17/h3-14,23H,15H2,1-2H3,(H,24,25). The zero-order chi connectivity index (χ0) is 18.4. The Balaban J connectivity index is 1.56. The molecule has 0 radical (unpaired) electrons. The van der Waals surface area contributed by atoms with Gasteiger partial charge in [0.2, 0.25) is 5.91 Å². The lowest BCUT2D eigenvalue weighted by atomic mass is 10.1. The van der Waals surface area contributed by atoms with Crippen molar-refractivity contribution >= 4 is 23.0 Å². The van der Waals surface area contributed by atoms with Crippen LogP contribution in [-0.2, 0) is 11.2 Å². The van der Waals surface area contributed by atoms with Crippen LogP contribution in [0.1, 0.15) is 11.1 Å². The molecular weight excluding hydrogens is 324 g/mol. The van der Waals surface area contributed by atoms with Crippen LogP contribution in [0.3, 0.4) is 0 Å². The molecule has 0 aliphatic heterocycles. The first kappa shape index (κ1) is 17.5. The Bertz CT molecular complexity index is 854. The zero-order valence-electron chi connectivity index (χ0n) is 15.0. The maximum absolute atomic E-state index is 12.2. The summed E-state index contributed by atoms with van der Waals surface area (Å²) in [5.74, 6) is 0.736. The number of rotatable bonds is 6. The Morgan fingerprint density at radius 1 is 0.808 bits per heavy atom. The van der Waals surface area contributed by atoms with Crippen LogP contribution in [-0.4, -0.2) is 13.0 Å². The third-order valence-corrected chi connectivity index (χ3v) is 4.03. The molecule has 4 heteroatoms. The molecule has 0 atom stereocenters. The van der Waals surface area contributed by atoms with E-state index in [4.69, 9.17) is 4.74 Å². The Hall–Kier alpha value is -3.27. The fourth-order valence-electron chi connectivity index (χ4n) is 2.57. The second-order valence-electron chi connectivity index (χ2n) is 6.14. The minimum Gasteiger partial charge on any atom is -0.497 e. The summed E-state index contributed by atoms with van der Waals surface area (Å²) in [7, 11) is 1.62. The predicted octanol–water partition coefficient (Wildman–Crippen LogP) is 4.93. The van der Waals surface area contributed by atoms with Gasteiger partial charge >= 0.3 is 0 Å². The van der Waals surface area contributed by atoms with Crippen LogP contribution in [0.15, 0.2) is 72.8 Å². The van der Waals surface area contributed by atoms with Crippen LogP contribution in [0.2, 0.25) is 0 Å². The van der Waals surface area contributed by atoms with Gasteiger partial charge in [-0.3, -0.25) is 4.79 Å². The Morgan fingerprint density at radius 3 is 1.92 bits per heavy atom. The highest BCUT2D eigenvalue weighted by Gasteiger charge is 2.05. The Kier molecular flexibility index (Phi) is 5.54. The van der Waals surface area contributed by atoms with Crippen LogP contribution in [0.25, 0.3) is 0 Å². The molecule has 3 aromatic rings. The van der Waals surface area contributed by atoms with Crippen molar-refractivity contribution < 1.29 is 9.53 Å². The Morgan fingerprint density at radius 2 is 1.35 bits per heavy atom. The lowest BCUT2D eigenvalue weighted by Crippen LogP contribution is -2.14. The fourth-order valence-corrected chi connectivity index (χ4v) is 2.57. The number of carbonyl (C=O) groups is 1. The molecule has 0 unspecified atom stereocenters. The number of methoxy groups -OCH3 is 1. The van der Waals surface area contributed by atoms with Crippen molar-refractivity contribution in [3.05, 3.63) is 83.9 Å². The van der Waals surface area contributed by atoms with E-state index in [2.05, 4.69) is 29.7 Å². The van der Waals surface area contributed by atoms with Gasteiger partial charge in [0.25, 0.3) is 0 Å². The van der Waals surface area contributed by atoms with E-state index < -0.39 is 0 Å². The van der Waals surface area contributed by atoms with E-state index in [1.807, 2.05) is 60.7 Å². The molecule has 1 amide bonds. The van der Waals surface area contributed by atoms with E-state index in [1.54, 1.807) is 7.11 Å². The van der Waals surface area contributed by atoms with Gasteiger partial charge in [-0.2, -0.15) is 0 Å². The minimum absolute atomic E-state index is 0.0468. The van der Waals surface area contributed by atoms with E-state index in [9.17, 15) is 4.79 Å². The van der Waals surface area contributed by atoms with E-state index in [0.717, 1.165) is 28.4 Å². The monoisotopic (exact) mass is 346 g/mol. The number of carbonyl (C=O) groups excluding carboxylic acids is 1. The average Bonchev–Trinajstić information content (AvgIpc) is 2.66. The summed E-state index contributed by atoms with van der Waals surface area (Å²) in [5, 5.41) is 6.26. The summed E-state index contributed by atoms with van der Waals surface area (Å²) in [6, 6.07) is 23.4. The van der Waals surface area contributed by atoms with Gasteiger partial charge in [0, 0.05) is 17.1 Å². The molecule has 0 aliphatic carbocycles. The van der Waals surface area contributed by atoms with E-state index in [1.165, 1.54) is 5.56 Å². The zero-order valence-corrected chi connectivity index (χ0v) is 15.0. The van der Waals surface area contributed by atoms with E-state index in [-0.39, 0.29) is 5.91 Å². The molecule has 0 aliphatic rings. The molecule has 132 valence electrons. The largest absolute Gasteiger partial charge is 0.497 e. The van der Waals surface area contributed by atoms with Gasteiger partial charge in [0.15, 0.2) is 0 Å². The van der Waals surface area contributed by atoms with Crippen LogP contribution >= 0.6 is 0 Å². The number of benzene rings is 3. The number of amides is 1. The first-order chi connectivity index (χ1) is 12.6. The van der Waals surface area contributed by atoms with Crippen molar-refractivity contribution in [1.82, 2.24) is 0 Å². The molecule has 0 heterocycles. The van der Waals surface area contributed by atoms with Crippen molar-refractivity contribution in [1.29, 1.82) is 0 Å². The smallest absolute Gasteiger partial charge is 0.228 e. The number of hydrogen-bond donors (Lipinski definition) is 2. The van der Waals surface area contributed by atoms with Crippen molar-refractivity contribution in [2.45, 2.75) is 13.3 Å². The number of nitrogens with one attached hydrogen (secondary N) is 2. The van der Waals surface area contributed by atoms with Crippen LogP contribution < -0.4 is 15.4 Å². The number of hydrogen-bond acceptors (Lipinski definition) is 3. The quantitative estimate of drug-likeness (QED) is 0.665. The number of aryl methyl sites for hydroxylation is 1. The topological polar surface area (TPSA) is 50.4 Å². The second-order valence-corrected chi connectivity index (χ2v) is 6.14. The summed E-state index contributed by atoms with van der Waals surface area (Å²) < 4.78 is 5.12. The van der Waals surface area contributed by atoms with Gasteiger partial charge < -0.3 is 15.4 Å². The molecule has 0 spiro atoms. The van der Waals surface area contributed by atoms with Crippen molar-refractivity contribution in [3.63, 3.8) is 0 Å². The van der Waals surface area contributed by atoms with Crippen LogP contribution in [0.4, 0.5) is 17.1 Å². The third kappa shape index (κ3) is 4.86. The summed E-state index contributed by atoms with van der Waals surface area (Å²) in [4.78, 5) is 12.2. The summed E-state index contributed by atoms with van der Waals surface area (Å²) in [6.45, 7) is 2.06. The maximum Gasteiger partial charge on any atom is 0.228 e. The highest BCUT2D eigenvalue weighted by Crippen LogP contribution is 2.19. The first-order valence-corrected chi connectivity index (χ1v) is 8.49. The van der Waals surface area contributed by atoms with Crippen molar-refractivity contribution in [2.75, 3.05) is 17.7 Å². The SMILES string of the molecule is COc1ccc(CC(=O)Nc2ccc(Nc3ccc(C)cc3)cc2)cc1. The average molecular weight is 346 g/mol. The van der Waals surface area contributed by atoms with E-state index in [0.29, 0.717) is 6.42 Å². The molecule has 0 aromatic heterocycles. The molecule has 3 aromatic carbocycles. The molecule has 0 bridgehead atoms. The van der Waals surface area contributed by atoms with Crippen LogP contribution in [0, 0.1) is 6.92 Å². The molecule has 0 saturated heterocycles. The van der Waals surface area contributed by atoms with E-state index >= 15 is 0 Å². The van der Waals surface area contributed by atoms with Gasteiger partial charge in [-0.05, 0) is 61.0 Å². The number of ether oxygens (including phenoxy) is 1. The normalized spacial score (nSPS) is 10.2. The molecule has 3 rings (SSSR count). The molecule has 0 saturated carbocycles. The van der Waals surface area contributed by atoms with Gasteiger partial charge in [-0.15, -0.1) is 0 Å². The first-order valence-electron chi connectivity index (χ1n) is 8.49. The third-order valence-electron chi connectivity index (χ3n) is 4.03. The second kappa shape index (κ2) is 8.21. The highest BCUT2D eigenvalue weighted by molar-refractivity contribution is 5.92. The highest BCUT2D eigenvalue weighted by atomic mass is 16.5. The van der Waals surface area contributed by atoms with Crippen molar-refractivity contribution in [2.24, 2.45) is 0 Å².